The number of hydrogen-bond acceptors (Lipinski definition) is 1. The second kappa shape index (κ2) is 6.26. The summed E-state index contributed by atoms with van der Waals surface area (Å²) in [5.41, 5.74) is 0. The molecule has 11 heavy (non-hydrogen) atoms. The molecular weight excluding hydrogens is 512 g/mol. The van der Waals surface area contributed by atoms with Gasteiger partial charge in [-0.15, -0.1) is 0 Å². The third-order valence-electron chi connectivity index (χ3n) is 0.612. The smallest absolute Gasteiger partial charge is 0.170 e. The summed E-state index contributed by atoms with van der Waals surface area (Å²) in [5.74, 6) is 0. The Hall–Kier alpha value is 1.77. The van der Waals surface area contributed by atoms with Crippen LogP contribution in [-0.2, 0) is 46.2 Å². The summed E-state index contributed by atoms with van der Waals surface area (Å²) in [6, 6.07) is 0. The van der Waals surface area contributed by atoms with Gasteiger partial charge in [-0.1, -0.05) is 0 Å². The Balaban J connectivity index is -0.000000320. The molecule has 0 amide bonds. The molecule has 0 aliphatic rings. The van der Waals surface area contributed by atoms with Crippen molar-refractivity contribution in [3.8, 4) is 0 Å². The van der Waals surface area contributed by atoms with Crippen LogP contribution in [0.3, 0.4) is 0 Å². The van der Waals surface area contributed by atoms with Crippen molar-refractivity contribution in [3.63, 3.8) is 0 Å². The molecule has 0 aliphatic carbocycles. The van der Waals surface area contributed by atoms with Gasteiger partial charge in [0.2, 0.25) is 0 Å². The Morgan fingerprint density at radius 1 is 0.636 bits per heavy atom. The van der Waals surface area contributed by atoms with Crippen LogP contribution >= 0.6 is 0 Å². The third-order valence-corrected chi connectivity index (χ3v) is 5.51. The predicted octanol–water partition coefficient (Wildman–Crippen LogP) is 2.67. The zero-order chi connectivity index (χ0) is 7.71. The molecular formula is C6H18OSi2W2. The maximum Gasteiger partial charge on any atom is 0.170 e. The molecule has 0 radical (unpaired) electrons. The molecule has 0 aromatic rings. The fraction of sp³-hybridized carbons (Fsp3) is 1.00. The van der Waals surface area contributed by atoms with Crippen molar-refractivity contribution in [1.82, 2.24) is 0 Å². The normalized spacial score (nSPS) is 11.5. The topological polar surface area (TPSA) is 9.23 Å². The Morgan fingerprint density at radius 3 is 0.818 bits per heavy atom. The van der Waals surface area contributed by atoms with E-state index in [9.17, 15) is 0 Å². The zero-order valence-electron chi connectivity index (χ0n) is 8.22. The van der Waals surface area contributed by atoms with Crippen molar-refractivity contribution >= 4 is 16.6 Å². The average Bonchev–Trinajstić information content (AvgIpc) is 1.14. The first kappa shape index (κ1) is 18.5. The molecule has 0 aromatic carbocycles. The van der Waals surface area contributed by atoms with Gasteiger partial charge in [0, 0.05) is 42.1 Å². The molecule has 5 heteroatoms. The van der Waals surface area contributed by atoms with Crippen molar-refractivity contribution < 1.29 is 46.2 Å². The second-order valence-electron chi connectivity index (χ2n) is 4.33. The van der Waals surface area contributed by atoms with Gasteiger partial charge < -0.3 is 4.12 Å². The summed E-state index contributed by atoms with van der Waals surface area (Å²) in [6.45, 7) is 13.4. The maximum absolute atomic E-state index is 5.90. The minimum absolute atomic E-state index is 0. The van der Waals surface area contributed by atoms with Crippen LogP contribution in [0.25, 0.3) is 0 Å². The van der Waals surface area contributed by atoms with E-state index in [0.29, 0.717) is 0 Å². The van der Waals surface area contributed by atoms with Gasteiger partial charge in [0.25, 0.3) is 0 Å². The van der Waals surface area contributed by atoms with Crippen LogP contribution < -0.4 is 0 Å². The molecule has 68 valence electrons. The molecule has 0 bridgehead atoms. The summed E-state index contributed by atoms with van der Waals surface area (Å²) < 4.78 is 5.90. The predicted molar refractivity (Wildman–Crippen MR) is 47.8 cm³/mol. The van der Waals surface area contributed by atoms with E-state index in [4.69, 9.17) is 4.12 Å². The number of hydrogen-bond donors (Lipinski definition) is 0. The van der Waals surface area contributed by atoms with Crippen LogP contribution in [-0.4, -0.2) is 16.6 Å². The molecule has 0 spiro atoms. The van der Waals surface area contributed by atoms with E-state index in [1.54, 1.807) is 0 Å². The molecule has 0 saturated heterocycles. The zero-order valence-corrected chi connectivity index (χ0v) is 16.1. The first-order valence-electron chi connectivity index (χ1n) is 3.41. The summed E-state index contributed by atoms with van der Waals surface area (Å²) in [5, 5.41) is 0. The van der Waals surface area contributed by atoms with Crippen LogP contribution in [0.1, 0.15) is 0 Å². The van der Waals surface area contributed by atoms with E-state index >= 15 is 0 Å². The Morgan fingerprint density at radius 2 is 0.818 bits per heavy atom. The van der Waals surface area contributed by atoms with Crippen LogP contribution in [0, 0.1) is 0 Å². The van der Waals surface area contributed by atoms with Crippen molar-refractivity contribution in [1.29, 1.82) is 0 Å². The van der Waals surface area contributed by atoms with Crippen molar-refractivity contribution in [2.75, 3.05) is 0 Å². The van der Waals surface area contributed by atoms with Crippen molar-refractivity contribution in [3.05, 3.63) is 0 Å². The first-order chi connectivity index (χ1) is 3.71. The largest absolute Gasteiger partial charge is 0.456 e. The van der Waals surface area contributed by atoms with Gasteiger partial charge in [-0.05, 0) is 39.3 Å². The fourth-order valence-electron chi connectivity index (χ4n) is 0.919. The number of rotatable bonds is 2. The molecule has 0 aromatic heterocycles. The molecule has 0 saturated carbocycles. The Bertz CT molecular complexity index is 83.7. The van der Waals surface area contributed by atoms with Gasteiger partial charge in [0.15, 0.2) is 16.6 Å². The van der Waals surface area contributed by atoms with Gasteiger partial charge in [0.1, 0.15) is 0 Å². The standard InChI is InChI=1S/C6H18OSi2.2W/c1-8(2,3)7-9(4,5)6;;/h1-6H3;;. The fourth-order valence-corrected chi connectivity index (χ4v) is 8.27. The van der Waals surface area contributed by atoms with Gasteiger partial charge in [0.05, 0.1) is 0 Å². The van der Waals surface area contributed by atoms with E-state index in [0.717, 1.165) is 0 Å². The summed E-state index contributed by atoms with van der Waals surface area (Å²) in [4.78, 5) is 0. The SMILES string of the molecule is C[Si](C)(C)O[Si](C)(C)C.[W].[W]. The average molecular weight is 530 g/mol. The molecule has 0 N–H and O–H groups in total. The van der Waals surface area contributed by atoms with Crippen molar-refractivity contribution in [2.45, 2.75) is 39.3 Å². The molecule has 0 unspecified atom stereocenters. The molecule has 0 atom stereocenters. The van der Waals surface area contributed by atoms with Crippen LogP contribution in [0.2, 0.25) is 39.3 Å². The van der Waals surface area contributed by atoms with E-state index in [-0.39, 0.29) is 42.1 Å². The first-order valence-corrected chi connectivity index (χ1v) is 10.2. The van der Waals surface area contributed by atoms with Gasteiger partial charge in [-0.25, -0.2) is 0 Å². The van der Waals surface area contributed by atoms with Gasteiger partial charge >= 0.3 is 0 Å². The minimum Gasteiger partial charge on any atom is -0.456 e. The maximum atomic E-state index is 5.90. The minimum atomic E-state index is -1.23. The molecule has 0 rings (SSSR count). The Labute approximate surface area is 101 Å². The third kappa shape index (κ3) is 18.6. The van der Waals surface area contributed by atoms with E-state index in [2.05, 4.69) is 39.3 Å². The van der Waals surface area contributed by atoms with E-state index in [1.807, 2.05) is 0 Å². The van der Waals surface area contributed by atoms with Crippen LogP contribution in [0.15, 0.2) is 0 Å². The molecule has 0 aliphatic heterocycles. The van der Waals surface area contributed by atoms with Crippen LogP contribution in [0.5, 0.6) is 0 Å². The summed E-state index contributed by atoms with van der Waals surface area (Å²) in [7, 11) is -2.46. The second-order valence-corrected chi connectivity index (χ2v) is 13.6. The van der Waals surface area contributed by atoms with Gasteiger partial charge in [-0.3, -0.25) is 0 Å². The molecule has 0 fully saturated rings. The molecule has 1 nitrogen and oxygen atoms in total. The van der Waals surface area contributed by atoms with E-state index in [1.165, 1.54) is 0 Å². The van der Waals surface area contributed by atoms with Gasteiger partial charge in [-0.2, -0.15) is 0 Å². The summed E-state index contributed by atoms with van der Waals surface area (Å²) in [6.07, 6.45) is 0. The van der Waals surface area contributed by atoms with Crippen LogP contribution in [0.4, 0.5) is 0 Å². The molecule has 0 heterocycles. The summed E-state index contributed by atoms with van der Waals surface area (Å²) >= 11 is 0. The van der Waals surface area contributed by atoms with E-state index < -0.39 is 16.6 Å². The van der Waals surface area contributed by atoms with Crippen molar-refractivity contribution in [2.24, 2.45) is 0 Å². The Kier molecular flexibility index (Phi) is 10.5. The monoisotopic (exact) mass is 530 g/mol. The quantitative estimate of drug-likeness (QED) is 0.500.